The van der Waals surface area contributed by atoms with E-state index in [0.29, 0.717) is 5.82 Å². The molecule has 0 saturated heterocycles. The molecule has 0 saturated carbocycles. The van der Waals surface area contributed by atoms with Crippen LogP contribution in [0, 0.1) is 6.92 Å². The normalized spacial score (nSPS) is 11.1. The molecule has 0 spiro atoms. The molecule has 5 rings (SSSR count). The molecule has 0 unspecified atom stereocenters. The zero-order valence-corrected chi connectivity index (χ0v) is 20.3. The molecule has 0 aliphatic carbocycles. The smallest absolute Gasteiger partial charge is 0.166 e. The molecule has 0 atom stereocenters. The molecule has 0 bridgehead atoms. The van der Waals surface area contributed by atoms with Crippen molar-refractivity contribution in [3.63, 3.8) is 0 Å². The van der Waals surface area contributed by atoms with E-state index in [4.69, 9.17) is 14.4 Å². The molecule has 1 N–H and O–H groups in total. The zero-order valence-electron chi connectivity index (χ0n) is 19.4. The maximum atomic E-state index is 5.22. The predicted octanol–water partition coefficient (Wildman–Crippen LogP) is 5.83. The highest BCUT2D eigenvalue weighted by atomic mass is 32.1. The standard InChI is InChI=1S/C26H26N6OS/c1-17-13-21-25(30-24(31-26(21)34-17)20-10-12-33-16-20)27-11-4-5-18-6-8-19(9-7-18)22-14-29-23(15-28-22)32(2)3/h6-10,12-16H,4-5,11H2,1-3H3,(H,27,30,31). The first-order valence-electron chi connectivity index (χ1n) is 11.2. The number of anilines is 2. The minimum Gasteiger partial charge on any atom is -0.472 e. The van der Waals surface area contributed by atoms with Crippen LogP contribution in [0.25, 0.3) is 32.9 Å². The molecule has 0 fully saturated rings. The van der Waals surface area contributed by atoms with Crippen molar-refractivity contribution in [1.82, 2.24) is 19.9 Å². The van der Waals surface area contributed by atoms with Gasteiger partial charge in [-0.2, -0.15) is 0 Å². The van der Waals surface area contributed by atoms with Gasteiger partial charge in [-0.05, 0) is 37.5 Å². The monoisotopic (exact) mass is 470 g/mol. The first-order chi connectivity index (χ1) is 16.6. The summed E-state index contributed by atoms with van der Waals surface area (Å²) in [6, 6.07) is 12.6. The minimum absolute atomic E-state index is 0.683. The Morgan fingerprint density at radius 1 is 1.00 bits per heavy atom. The Bertz CT molecular complexity index is 1380. The van der Waals surface area contributed by atoms with Crippen molar-refractivity contribution in [1.29, 1.82) is 0 Å². The lowest BCUT2D eigenvalue weighted by Gasteiger charge is -2.11. The van der Waals surface area contributed by atoms with Crippen LogP contribution in [0.4, 0.5) is 11.6 Å². The highest BCUT2D eigenvalue weighted by molar-refractivity contribution is 7.18. The Morgan fingerprint density at radius 2 is 1.85 bits per heavy atom. The van der Waals surface area contributed by atoms with E-state index in [0.717, 1.165) is 58.1 Å². The van der Waals surface area contributed by atoms with Crippen LogP contribution in [-0.4, -0.2) is 40.6 Å². The fourth-order valence-electron chi connectivity index (χ4n) is 3.74. The van der Waals surface area contributed by atoms with E-state index >= 15 is 0 Å². The second kappa shape index (κ2) is 9.61. The number of nitrogens with zero attached hydrogens (tertiary/aromatic N) is 5. The van der Waals surface area contributed by atoms with E-state index in [9.17, 15) is 0 Å². The number of thiophene rings is 1. The number of furan rings is 1. The van der Waals surface area contributed by atoms with Crippen LogP contribution in [0.15, 0.2) is 65.7 Å². The maximum absolute atomic E-state index is 5.22. The van der Waals surface area contributed by atoms with Crippen molar-refractivity contribution in [2.75, 3.05) is 30.9 Å². The predicted molar refractivity (Wildman–Crippen MR) is 138 cm³/mol. The van der Waals surface area contributed by atoms with Crippen molar-refractivity contribution >= 4 is 33.2 Å². The van der Waals surface area contributed by atoms with Gasteiger partial charge in [0.1, 0.15) is 22.7 Å². The number of hydrogen-bond donors (Lipinski definition) is 1. The average Bonchev–Trinajstić information content (AvgIpc) is 3.51. The molecule has 0 aliphatic heterocycles. The fraction of sp³-hybridized carbons (Fsp3) is 0.231. The Balaban J connectivity index is 1.22. The van der Waals surface area contributed by atoms with Gasteiger partial charge in [0.15, 0.2) is 5.82 Å². The van der Waals surface area contributed by atoms with Crippen LogP contribution >= 0.6 is 11.3 Å². The summed E-state index contributed by atoms with van der Waals surface area (Å²) < 4.78 is 5.22. The second-order valence-corrected chi connectivity index (χ2v) is 9.60. The highest BCUT2D eigenvalue weighted by Crippen LogP contribution is 2.31. The zero-order chi connectivity index (χ0) is 23.5. The largest absolute Gasteiger partial charge is 0.472 e. The average molecular weight is 471 g/mol. The van der Waals surface area contributed by atoms with Gasteiger partial charge in [0.2, 0.25) is 0 Å². The minimum atomic E-state index is 0.683. The molecule has 5 aromatic rings. The van der Waals surface area contributed by atoms with Crippen LogP contribution < -0.4 is 10.2 Å². The summed E-state index contributed by atoms with van der Waals surface area (Å²) in [5, 5.41) is 4.60. The Kier molecular flexibility index (Phi) is 6.22. The molecule has 7 nitrogen and oxygen atoms in total. The van der Waals surface area contributed by atoms with Crippen LogP contribution in [0.5, 0.6) is 0 Å². The van der Waals surface area contributed by atoms with Gasteiger partial charge in [0.05, 0.1) is 35.3 Å². The van der Waals surface area contributed by atoms with E-state index in [2.05, 4.69) is 52.5 Å². The number of nitrogens with one attached hydrogen (secondary N) is 1. The molecule has 0 amide bonds. The molecule has 8 heteroatoms. The van der Waals surface area contributed by atoms with Crippen LogP contribution in [0.2, 0.25) is 0 Å². The lowest BCUT2D eigenvalue weighted by atomic mass is 10.1. The molecule has 0 aliphatic rings. The Hall–Kier alpha value is -3.78. The van der Waals surface area contributed by atoms with Crippen LogP contribution in [-0.2, 0) is 6.42 Å². The van der Waals surface area contributed by atoms with E-state index in [-0.39, 0.29) is 0 Å². The maximum Gasteiger partial charge on any atom is 0.166 e. The summed E-state index contributed by atoms with van der Waals surface area (Å²) in [4.78, 5) is 22.6. The third-order valence-corrected chi connectivity index (χ3v) is 6.52. The summed E-state index contributed by atoms with van der Waals surface area (Å²) in [5.41, 5.74) is 4.13. The number of aromatic nitrogens is 4. The molecule has 4 aromatic heterocycles. The highest BCUT2D eigenvalue weighted by Gasteiger charge is 2.12. The van der Waals surface area contributed by atoms with Gasteiger partial charge in [-0.3, -0.25) is 4.98 Å². The van der Waals surface area contributed by atoms with Crippen LogP contribution in [0.3, 0.4) is 0 Å². The van der Waals surface area contributed by atoms with Crippen molar-refractivity contribution in [3.05, 3.63) is 71.8 Å². The van der Waals surface area contributed by atoms with Crippen molar-refractivity contribution in [3.8, 4) is 22.6 Å². The summed E-state index contributed by atoms with van der Waals surface area (Å²) in [6.45, 7) is 2.92. The number of hydrogen-bond acceptors (Lipinski definition) is 8. The van der Waals surface area contributed by atoms with Gasteiger partial charge in [-0.15, -0.1) is 11.3 Å². The van der Waals surface area contributed by atoms with Crippen molar-refractivity contribution in [2.45, 2.75) is 19.8 Å². The number of rotatable bonds is 8. The lowest BCUT2D eigenvalue weighted by molar-refractivity contribution is 0.568. The molecule has 172 valence electrons. The lowest BCUT2D eigenvalue weighted by Crippen LogP contribution is -2.10. The Labute approximate surface area is 202 Å². The molecular weight excluding hydrogens is 444 g/mol. The third-order valence-electron chi connectivity index (χ3n) is 5.58. The quantitative estimate of drug-likeness (QED) is 0.286. The molecule has 34 heavy (non-hydrogen) atoms. The first-order valence-corrected chi connectivity index (χ1v) is 12.0. The van der Waals surface area contributed by atoms with Gasteiger partial charge < -0.3 is 14.6 Å². The number of fused-ring (bicyclic) bond motifs is 1. The van der Waals surface area contributed by atoms with Gasteiger partial charge in [-0.25, -0.2) is 15.0 Å². The topological polar surface area (TPSA) is 80.0 Å². The molecule has 4 heterocycles. The second-order valence-electron chi connectivity index (χ2n) is 8.37. The van der Waals surface area contributed by atoms with Gasteiger partial charge in [0, 0.05) is 31.1 Å². The number of aryl methyl sites for hydroxylation is 2. The summed E-state index contributed by atoms with van der Waals surface area (Å²) in [5.74, 6) is 2.41. The van der Waals surface area contributed by atoms with Crippen molar-refractivity contribution < 1.29 is 4.42 Å². The molecule has 0 radical (unpaired) electrons. The first kappa shape index (κ1) is 22.0. The summed E-state index contributed by atoms with van der Waals surface area (Å²) in [6.07, 6.45) is 8.91. The third kappa shape index (κ3) is 4.77. The Morgan fingerprint density at radius 3 is 2.56 bits per heavy atom. The number of benzene rings is 1. The van der Waals surface area contributed by atoms with Gasteiger partial charge >= 0.3 is 0 Å². The van der Waals surface area contributed by atoms with Gasteiger partial charge in [0.25, 0.3) is 0 Å². The van der Waals surface area contributed by atoms with E-state index in [1.54, 1.807) is 30.1 Å². The van der Waals surface area contributed by atoms with E-state index < -0.39 is 0 Å². The van der Waals surface area contributed by atoms with E-state index in [1.807, 2.05) is 31.3 Å². The SMILES string of the molecule is Cc1cc2c(NCCCc3ccc(-c4cnc(N(C)C)cn4)cc3)nc(-c3ccoc3)nc2s1. The summed E-state index contributed by atoms with van der Waals surface area (Å²) in [7, 11) is 3.92. The van der Waals surface area contributed by atoms with Gasteiger partial charge in [-0.1, -0.05) is 24.3 Å². The molecule has 1 aromatic carbocycles. The molecular formula is C26H26N6OS. The fourth-order valence-corrected chi connectivity index (χ4v) is 4.62. The van der Waals surface area contributed by atoms with E-state index in [1.165, 1.54) is 10.4 Å². The van der Waals surface area contributed by atoms with Crippen molar-refractivity contribution in [2.24, 2.45) is 0 Å². The summed E-state index contributed by atoms with van der Waals surface area (Å²) >= 11 is 1.68. The van der Waals surface area contributed by atoms with Crippen LogP contribution in [0.1, 0.15) is 16.9 Å².